The quantitative estimate of drug-likeness (QED) is 0.0569. The van der Waals surface area contributed by atoms with Crippen LogP contribution in [0, 0.1) is 56.8 Å². The minimum absolute atomic E-state index is 0. The summed E-state index contributed by atoms with van der Waals surface area (Å²) in [6.45, 7) is 21.0. The molecule has 1 aliphatic rings. The third-order valence-electron chi connectivity index (χ3n) is 8.68. The molecular weight excluding hydrogens is 913 g/mol. The van der Waals surface area contributed by atoms with Crippen LogP contribution in [0.1, 0.15) is 111 Å². The molecule has 1 aliphatic carbocycles. The molecule has 0 atom stereocenters. The topological polar surface area (TPSA) is 146 Å². The number of amidine groups is 1. The first-order chi connectivity index (χ1) is 25.2. The Morgan fingerprint density at radius 1 is 1.13 bits per heavy atom. The number of nitrogens with zero attached hydrogens (tertiary/aromatic N) is 3. The molecule has 2 amide bonds. The number of allylic oxidation sites excluding steroid dienone is 3. The SMILES string of the molecule is C/C=C\C(=C/N(C)C(CC)CC)c1cccc(N/C(=C/C(N)=NC(=O)C2CC2)C(=N)C(=O)NC)c1OC.CCC.[CH2-]CC(C)(C)c1cccc(CC)n1.[CH3-].[U+2]. The molecule has 302 valence electrons. The summed E-state index contributed by atoms with van der Waals surface area (Å²) in [5.41, 5.74) is 10.5. The number of rotatable bonds is 16. The first-order valence-corrected chi connectivity index (χ1v) is 18.9. The van der Waals surface area contributed by atoms with Crippen LogP contribution in [-0.4, -0.2) is 60.5 Å². The van der Waals surface area contributed by atoms with Crippen LogP contribution in [-0.2, 0) is 21.4 Å². The van der Waals surface area contributed by atoms with Crippen LogP contribution in [0.3, 0.4) is 0 Å². The van der Waals surface area contributed by atoms with E-state index in [4.69, 9.17) is 15.9 Å². The van der Waals surface area contributed by atoms with Crippen molar-refractivity contribution in [3.05, 3.63) is 97.8 Å². The van der Waals surface area contributed by atoms with Crippen molar-refractivity contribution in [2.24, 2.45) is 16.6 Å². The van der Waals surface area contributed by atoms with E-state index in [-0.39, 0.29) is 73.0 Å². The summed E-state index contributed by atoms with van der Waals surface area (Å²) < 4.78 is 5.81. The number of carbonyl (C=O) groups excluding carboxylic acids is 2. The minimum atomic E-state index is -0.614. The second-order valence-corrected chi connectivity index (χ2v) is 13.6. The van der Waals surface area contributed by atoms with E-state index in [0.717, 1.165) is 55.4 Å². The molecule has 10 nitrogen and oxygen atoms in total. The molecule has 0 unspecified atom stereocenters. The molecule has 3 rings (SSSR count). The summed E-state index contributed by atoms with van der Waals surface area (Å²) in [7, 11) is 5.07. The smallest absolute Gasteiger partial charge is 0.494 e. The number of ether oxygens (including phenoxy) is 1. The number of hydrogen-bond donors (Lipinski definition) is 4. The van der Waals surface area contributed by atoms with Crippen LogP contribution >= 0.6 is 0 Å². The molecule has 55 heavy (non-hydrogen) atoms. The number of nitrogens with two attached hydrogens (primary N) is 1. The average molecular weight is 982 g/mol. The molecule has 0 aliphatic heterocycles. The summed E-state index contributed by atoms with van der Waals surface area (Å²) in [5, 5.41) is 13.9. The van der Waals surface area contributed by atoms with E-state index in [1.165, 1.54) is 25.2 Å². The van der Waals surface area contributed by atoms with E-state index >= 15 is 0 Å². The van der Waals surface area contributed by atoms with Gasteiger partial charge >= 0.3 is 31.1 Å². The van der Waals surface area contributed by atoms with Crippen molar-refractivity contribution in [3.8, 4) is 5.75 Å². The van der Waals surface area contributed by atoms with E-state index in [1.54, 1.807) is 13.2 Å². The van der Waals surface area contributed by atoms with Crippen molar-refractivity contribution in [2.45, 2.75) is 112 Å². The fourth-order valence-corrected chi connectivity index (χ4v) is 5.13. The maximum atomic E-state index is 12.3. The summed E-state index contributed by atoms with van der Waals surface area (Å²) >= 11 is 0. The van der Waals surface area contributed by atoms with Gasteiger partial charge in [-0.15, -0.1) is 0 Å². The molecule has 1 saturated carbocycles. The van der Waals surface area contributed by atoms with Crippen molar-refractivity contribution in [2.75, 3.05) is 26.5 Å². The molecule has 0 radical (unpaired) electrons. The average Bonchev–Trinajstić information content (AvgIpc) is 4.01. The van der Waals surface area contributed by atoms with Gasteiger partial charge in [0.05, 0.1) is 18.5 Å². The van der Waals surface area contributed by atoms with Crippen LogP contribution < -0.4 is 21.1 Å². The molecule has 5 N–H and O–H groups in total. The Hall–Kier alpha value is -3.68. The molecule has 0 bridgehead atoms. The van der Waals surface area contributed by atoms with Crippen LogP contribution in [0.4, 0.5) is 5.69 Å². The van der Waals surface area contributed by atoms with Crippen molar-refractivity contribution in [1.82, 2.24) is 15.2 Å². The van der Waals surface area contributed by atoms with Crippen LogP contribution in [0.5, 0.6) is 5.75 Å². The molecule has 2 aromatic rings. The van der Waals surface area contributed by atoms with Crippen LogP contribution in [0.2, 0.25) is 0 Å². The molecule has 1 aromatic heterocycles. The fourth-order valence-electron chi connectivity index (χ4n) is 5.13. The van der Waals surface area contributed by atoms with Gasteiger partial charge < -0.3 is 40.4 Å². The third kappa shape index (κ3) is 17.8. The summed E-state index contributed by atoms with van der Waals surface area (Å²) in [6, 6.07) is 12.2. The van der Waals surface area contributed by atoms with E-state index < -0.39 is 5.91 Å². The first-order valence-electron chi connectivity index (χ1n) is 18.9. The first kappa shape index (κ1) is 53.4. The van der Waals surface area contributed by atoms with E-state index in [2.05, 4.69) is 112 Å². The van der Waals surface area contributed by atoms with Gasteiger partial charge in [0, 0.05) is 60.9 Å². The molecule has 1 fully saturated rings. The fraction of sp³-hybridized carbons (Fsp3) is 0.477. The van der Waals surface area contributed by atoms with Gasteiger partial charge in [0.1, 0.15) is 17.3 Å². The Kier molecular flexibility index (Phi) is 27.0. The number of carbonyl (C=O) groups is 2. The number of aryl methyl sites for hydroxylation is 1. The number of amides is 2. The Bertz CT molecular complexity index is 1610. The van der Waals surface area contributed by atoms with Gasteiger partial charge in [-0.3, -0.25) is 20.0 Å². The number of hydrogen-bond acceptors (Lipinski definition) is 7. The maximum Gasteiger partial charge on any atom is 2.00 e. The maximum absolute atomic E-state index is 12.3. The summed E-state index contributed by atoms with van der Waals surface area (Å²) in [6.07, 6.45) is 14.2. The molecule has 0 saturated heterocycles. The Balaban J connectivity index is 0. The number of benzene rings is 1. The van der Waals surface area contributed by atoms with E-state index in [9.17, 15) is 9.59 Å². The van der Waals surface area contributed by atoms with Gasteiger partial charge in [-0.2, -0.15) is 11.4 Å². The van der Waals surface area contributed by atoms with Gasteiger partial charge in [0.15, 0.2) is 0 Å². The number of aromatic nitrogens is 1. The number of nitrogens with one attached hydrogen (secondary N) is 3. The number of methoxy groups -OCH3 is 1. The molecule has 11 heteroatoms. The molecule has 1 aromatic carbocycles. The standard InChI is InChI=1S/C28H40N6O3.C12H18N.C3H8.CH3.U/c1-7-11-19(17-34(5)20(8-2)9-3)21-12-10-13-22(26(21)37-6)32-23(25(30)28(36)31-4)16-24(29)33-27(35)18-14-15-18;1-5-10-8-7-9-11(13-10)12(3,4)6-2;1-3-2;;/h7,10-13,16-18,20,30,32H,8-9,14-15H2,1-6H3,(H,31,36)(H2,29,33,35);7-9H,2,5-6H2,1,3-4H3;3H2,1-2H3;1H3;/q;-1;;-1;+2/b11-7-,19-17+,23-16+,30-25?;;;;. The molecular formula is C44H69N7O3U. The van der Waals surface area contributed by atoms with Gasteiger partial charge in [0.25, 0.3) is 11.8 Å². The number of pyridine rings is 1. The zero-order valence-corrected chi connectivity index (χ0v) is 39.9. The van der Waals surface area contributed by atoms with Gasteiger partial charge in [-0.25, -0.2) is 0 Å². The zero-order chi connectivity index (χ0) is 40.1. The van der Waals surface area contributed by atoms with Gasteiger partial charge in [-0.1, -0.05) is 85.2 Å². The summed E-state index contributed by atoms with van der Waals surface area (Å²) in [4.78, 5) is 35.1. The minimum Gasteiger partial charge on any atom is -0.494 e. The number of anilines is 1. The molecule has 0 spiro atoms. The second-order valence-electron chi connectivity index (χ2n) is 13.6. The summed E-state index contributed by atoms with van der Waals surface area (Å²) in [5.74, 6) is -0.540. The predicted molar refractivity (Wildman–Crippen MR) is 230 cm³/mol. The van der Waals surface area contributed by atoms with E-state index in [1.807, 2.05) is 31.2 Å². The zero-order valence-electron chi connectivity index (χ0n) is 35.7. The van der Waals surface area contributed by atoms with E-state index in [0.29, 0.717) is 17.5 Å². The third-order valence-corrected chi connectivity index (χ3v) is 8.68. The van der Waals surface area contributed by atoms with Crippen molar-refractivity contribution in [1.29, 1.82) is 5.41 Å². The van der Waals surface area contributed by atoms with Crippen LogP contribution in [0.15, 0.2) is 71.5 Å². The van der Waals surface area contributed by atoms with Crippen molar-refractivity contribution < 1.29 is 45.4 Å². The number of para-hydroxylation sites is 1. The van der Waals surface area contributed by atoms with Crippen molar-refractivity contribution in [3.63, 3.8) is 0 Å². The van der Waals surface area contributed by atoms with Gasteiger partial charge in [-0.05, 0) is 62.6 Å². The second kappa shape index (κ2) is 27.8. The number of aliphatic imine (C=N–C) groups is 1. The Labute approximate surface area is 357 Å². The largest absolute Gasteiger partial charge is 2.00 e. The van der Waals surface area contributed by atoms with Crippen molar-refractivity contribution >= 4 is 34.6 Å². The van der Waals surface area contributed by atoms with Gasteiger partial charge in [0.2, 0.25) is 0 Å². The molecule has 1 heterocycles. The normalized spacial score (nSPS) is 12.9. The predicted octanol–water partition coefficient (Wildman–Crippen LogP) is 9.10. The Morgan fingerprint density at radius 3 is 2.22 bits per heavy atom. The Morgan fingerprint density at radius 2 is 1.73 bits per heavy atom. The van der Waals surface area contributed by atoms with Crippen LogP contribution in [0.25, 0.3) is 5.57 Å². The monoisotopic (exact) mass is 982 g/mol.